The molecule has 170 valence electrons. The van der Waals surface area contributed by atoms with Gasteiger partial charge in [-0.05, 0) is 49.2 Å². The lowest BCUT2D eigenvalue weighted by molar-refractivity contribution is 0.0668. The van der Waals surface area contributed by atoms with Gasteiger partial charge in [0.05, 0.1) is 42.0 Å². The summed E-state index contributed by atoms with van der Waals surface area (Å²) in [4.78, 5) is 15.7. The number of hydrogen-bond donors (Lipinski definition) is 2. The third-order valence-electron chi connectivity index (χ3n) is 5.80. The molecule has 0 radical (unpaired) electrons. The minimum atomic E-state index is -0.245. The molecule has 1 aliphatic heterocycles. The molecule has 1 atom stereocenters. The van der Waals surface area contributed by atoms with Crippen LogP contribution < -0.4 is 10.1 Å². The summed E-state index contributed by atoms with van der Waals surface area (Å²) in [5.74, 6) is 1.10. The molecule has 8 nitrogen and oxygen atoms in total. The third-order valence-corrected chi connectivity index (χ3v) is 6.08. The summed E-state index contributed by atoms with van der Waals surface area (Å²) in [7, 11) is 1.64. The van der Waals surface area contributed by atoms with Crippen molar-refractivity contribution in [1.29, 1.82) is 0 Å². The number of β-amino-alcohol motifs (C(OH)–C–C–N with tert-alkyl or cyclic N) is 1. The maximum Gasteiger partial charge on any atom is 0.227 e. The van der Waals surface area contributed by atoms with Gasteiger partial charge in [0, 0.05) is 19.3 Å². The van der Waals surface area contributed by atoms with Crippen LogP contribution in [0.2, 0.25) is 5.02 Å². The number of aliphatic hydroxyl groups is 1. The van der Waals surface area contributed by atoms with Crippen molar-refractivity contribution < 1.29 is 9.84 Å². The lowest BCUT2D eigenvalue weighted by Crippen LogP contribution is -2.37. The Kier molecular flexibility index (Phi) is 6.13. The molecule has 0 saturated carbocycles. The molecule has 0 amide bonds. The third kappa shape index (κ3) is 4.64. The first-order valence-electron chi connectivity index (χ1n) is 10.9. The summed E-state index contributed by atoms with van der Waals surface area (Å²) in [5, 5.41) is 13.6. The van der Waals surface area contributed by atoms with Crippen LogP contribution >= 0.6 is 11.6 Å². The van der Waals surface area contributed by atoms with Gasteiger partial charge in [0.15, 0.2) is 0 Å². The van der Waals surface area contributed by atoms with E-state index in [0.717, 1.165) is 48.5 Å². The van der Waals surface area contributed by atoms with E-state index in [1.807, 2.05) is 47.0 Å². The number of anilines is 2. The van der Waals surface area contributed by atoms with E-state index in [4.69, 9.17) is 16.3 Å². The van der Waals surface area contributed by atoms with Crippen LogP contribution in [0.1, 0.15) is 18.4 Å². The lowest BCUT2D eigenvalue weighted by Gasteiger charge is -2.30. The van der Waals surface area contributed by atoms with Gasteiger partial charge in [-0.25, -0.2) is 15.0 Å². The molecule has 0 spiro atoms. The van der Waals surface area contributed by atoms with Gasteiger partial charge < -0.3 is 15.2 Å². The average Bonchev–Trinajstić information content (AvgIpc) is 3.25. The molecule has 1 aliphatic rings. The summed E-state index contributed by atoms with van der Waals surface area (Å²) < 4.78 is 7.56. The number of nitrogens with zero attached hydrogens (tertiary/aromatic N) is 5. The standard InChI is InChI=1S/C24H25ClN6O2/c1-33-21-11-16(14-30-9-4-5-17(32)15-30)7-8-19(21)28-24-27-12-18(25)23(29-24)20-13-26-22-6-2-3-10-31(20)22/h2-3,6-8,10-13,17,32H,4-5,9,14-15H2,1H3,(H,27,28,29)/t17-/m1/s1. The quantitative estimate of drug-likeness (QED) is 0.443. The van der Waals surface area contributed by atoms with Crippen molar-refractivity contribution in [3.8, 4) is 17.1 Å². The molecule has 4 heterocycles. The molecule has 1 saturated heterocycles. The number of hydrogen-bond acceptors (Lipinski definition) is 7. The number of halogens is 1. The highest BCUT2D eigenvalue weighted by Gasteiger charge is 2.18. The molecular weight excluding hydrogens is 440 g/mol. The number of methoxy groups -OCH3 is 1. The van der Waals surface area contributed by atoms with Gasteiger partial charge in [-0.3, -0.25) is 9.30 Å². The van der Waals surface area contributed by atoms with Crippen molar-refractivity contribution in [1.82, 2.24) is 24.3 Å². The number of piperidine rings is 1. The molecular formula is C24H25ClN6O2. The normalized spacial score (nSPS) is 16.8. The summed E-state index contributed by atoms with van der Waals surface area (Å²) in [6.07, 6.45) is 6.90. The second-order valence-electron chi connectivity index (χ2n) is 8.15. The van der Waals surface area contributed by atoms with Crippen LogP contribution in [0.15, 0.2) is 55.0 Å². The topological polar surface area (TPSA) is 87.8 Å². The van der Waals surface area contributed by atoms with Crippen molar-refractivity contribution in [3.05, 3.63) is 65.6 Å². The molecule has 1 aromatic carbocycles. The van der Waals surface area contributed by atoms with Crippen LogP contribution in [-0.2, 0) is 6.54 Å². The fourth-order valence-electron chi connectivity index (χ4n) is 4.21. The fourth-order valence-corrected chi connectivity index (χ4v) is 4.39. The van der Waals surface area contributed by atoms with Crippen molar-refractivity contribution in [2.75, 3.05) is 25.5 Å². The van der Waals surface area contributed by atoms with Crippen LogP contribution in [0.4, 0.5) is 11.6 Å². The van der Waals surface area contributed by atoms with Crippen LogP contribution in [0.5, 0.6) is 5.75 Å². The number of likely N-dealkylation sites (tertiary alicyclic amines) is 1. The maximum atomic E-state index is 9.93. The molecule has 9 heteroatoms. The van der Waals surface area contributed by atoms with Gasteiger partial charge in [0.1, 0.15) is 17.1 Å². The number of ether oxygens (including phenoxy) is 1. The number of benzene rings is 1. The summed E-state index contributed by atoms with van der Waals surface area (Å²) in [6, 6.07) is 11.8. The lowest BCUT2D eigenvalue weighted by atomic mass is 10.1. The van der Waals surface area contributed by atoms with E-state index < -0.39 is 0 Å². The minimum Gasteiger partial charge on any atom is -0.495 e. The van der Waals surface area contributed by atoms with Crippen molar-refractivity contribution >= 4 is 28.9 Å². The van der Waals surface area contributed by atoms with Crippen molar-refractivity contribution in [2.24, 2.45) is 0 Å². The highest BCUT2D eigenvalue weighted by Crippen LogP contribution is 2.31. The molecule has 0 aliphatic carbocycles. The summed E-state index contributed by atoms with van der Waals surface area (Å²) in [6.45, 7) is 2.46. The second-order valence-corrected chi connectivity index (χ2v) is 8.56. The predicted molar refractivity (Wildman–Crippen MR) is 128 cm³/mol. The summed E-state index contributed by atoms with van der Waals surface area (Å²) >= 11 is 6.43. The Hall–Kier alpha value is -3.20. The fraction of sp³-hybridized carbons (Fsp3) is 0.292. The SMILES string of the molecule is COc1cc(CN2CCC[C@@H](O)C2)ccc1Nc1ncc(Cl)c(-c2cnc3ccccn23)n1. The zero-order valence-corrected chi connectivity index (χ0v) is 19.0. The number of aromatic nitrogens is 4. The average molecular weight is 465 g/mol. The Balaban J connectivity index is 1.39. The number of nitrogens with one attached hydrogen (secondary N) is 1. The largest absolute Gasteiger partial charge is 0.495 e. The van der Waals surface area contributed by atoms with Gasteiger partial charge in [-0.15, -0.1) is 0 Å². The van der Waals surface area contributed by atoms with Crippen LogP contribution in [0.25, 0.3) is 17.0 Å². The van der Waals surface area contributed by atoms with Gasteiger partial charge >= 0.3 is 0 Å². The predicted octanol–water partition coefficient (Wildman–Crippen LogP) is 4.15. The van der Waals surface area contributed by atoms with E-state index in [9.17, 15) is 5.11 Å². The molecule has 4 aromatic rings. The van der Waals surface area contributed by atoms with E-state index in [2.05, 4.69) is 25.2 Å². The van der Waals surface area contributed by atoms with Gasteiger partial charge in [-0.1, -0.05) is 23.7 Å². The minimum absolute atomic E-state index is 0.245. The Morgan fingerprint density at radius 3 is 2.97 bits per heavy atom. The Labute approximate surface area is 196 Å². The number of rotatable bonds is 6. The molecule has 33 heavy (non-hydrogen) atoms. The van der Waals surface area contributed by atoms with Crippen LogP contribution in [-0.4, -0.2) is 55.7 Å². The first-order chi connectivity index (χ1) is 16.1. The zero-order chi connectivity index (χ0) is 22.8. The van der Waals surface area contributed by atoms with Gasteiger partial charge in [-0.2, -0.15) is 0 Å². The first kappa shape index (κ1) is 21.6. The van der Waals surface area contributed by atoms with Gasteiger partial charge in [0.25, 0.3) is 0 Å². The molecule has 2 N–H and O–H groups in total. The van der Waals surface area contributed by atoms with Crippen LogP contribution in [0.3, 0.4) is 0 Å². The van der Waals surface area contributed by atoms with E-state index in [0.29, 0.717) is 29.0 Å². The zero-order valence-electron chi connectivity index (χ0n) is 18.3. The highest BCUT2D eigenvalue weighted by atomic mass is 35.5. The van der Waals surface area contributed by atoms with E-state index in [1.54, 1.807) is 19.5 Å². The number of fused-ring (bicyclic) bond motifs is 1. The first-order valence-corrected chi connectivity index (χ1v) is 11.3. The number of pyridine rings is 1. The molecule has 0 unspecified atom stereocenters. The Morgan fingerprint density at radius 2 is 2.12 bits per heavy atom. The van der Waals surface area contributed by atoms with Crippen molar-refractivity contribution in [3.63, 3.8) is 0 Å². The Morgan fingerprint density at radius 1 is 1.21 bits per heavy atom. The number of aliphatic hydroxyl groups excluding tert-OH is 1. The number of imidazole rings is 1. The molecule has 1 fully saturated rings. The molecule has 0 bridgehead atoms. The van der Waals surface area contributed by atoms with E-state index >= 15 is 0 Å². The van der Waals surface area contributed by atoms with E-state index in [1.165, 1.54) is 0 Å². The smallest absolute Gasteiger partial charge is 0.227 e. The van der Waals surface area contributed by atoms with Crippen LogP contribution in [0, 0.1) is 0 Å². The Bertz CT molecular complexity index is 1280. The van der Waals surface area contributed by atoms with Gasteiger partial charge in [0.2, 0.25) is 5.95 Å². The molecule has 5 rings (SSSR count). The summed E-state index contributed by atoms with van der Waals surface area (Å²) in [5.41, 5.74) is 4.07. The molecule has 3 aromatic heterocycles. The maximum absolute atomic E-state index is 9.93. The highest BCUT2D eigenvalue weighted by molar-refractivity contribution is 6.32. The van der Waals surface area contributed by atoms with Crippen molar-refractivity contribution in [2.45, 2.75) is 25.5 Å². The van der Waals surface area contributed by atoms with E-state index in [-0.39, 0.29) is 6.10 Å². The monoisotopic (exact) mass is 464 g/mol. The second kappa shape index (κ2) is 9.35.